The Balaban J connectivity index is 2.61. The SMILES string of the molecule is [CH3][Ge]1([CH3])[CH2]C=CC=C[CH2]1. The standard InChI is InChI=1S/C8H14Ge/c1-9(2)7-5-3-4-6-8-9/h3-6H,7-8H2,1-2H3. The van der Waals surface area contributed by atoms with E-state index in [4.69, 9.17) is 0 Å². The van der Waals surface area contributed by atoms with Crippen LogP contribution < -0.4 is 0 Å². The summed E-state index contributed by atoms with van der Waals surface area (Å²) in [4.78, 5) is 0. The molecule has 0 unspecified atom stereocenters. The zero-order valence-corrected chi connectivity index (χ0v) is 8.32. The molecule has 0 N–H and O–H groups in total. The second-order valence-corrected chi connectivity index (χ2v) is 14.2. The topological polar surface area (TPSA) is 0 Å². The summed E-state index contributed by atoms with van der Waals surface area (Å²) in [6, 6.07) is 0. The van der Waals surface area contributed by atoms with Crippen molar-refractivity contribution in [2.75, 3.05) is 0 Å². The summed E-state index contributed by atoms with van der Waals surface area (Å²) >= 11 is -1.27. The minimum atomic E-state index is -1.27. The van der Waals surface area contributed by atoms with Gasteiger partial charge in [-0.15, -0.1) is 0 Å². The molecule has 0 saturated heterocycles. The maximum atomic E-state index is 2.49. The van der Waals surface area contributed by atoms with Crippen LogP contribution in [-0.2, 0) is 0 Å². The molecule has 1 rings (SSSR count). The van der Waals surface area contributed by atoms with Crippen LogP contribution in [0.25, 0.3) is 0 Å². The van der Waals surface area contributed by atoms with E-state index >= 15 is 0 Å². The Labute approximate surface area is 60.0 Å². The Morgan fingerprint density at radius 2 is 1.44 bits per heavy atom. The van der Waals surface area contributed by atoms with Crippen LogP contribution in [0, 0.1) is 0 Å². The van der Waals surface area contributed by atoms with Crippen molar-refractivity contribution in [3.05, 3.63) is 24.3 Å². The van der Waals surface area contributed by atoms with Crippen LogP contribution in [-0.4, -0.2) is 13.3 Å². The zero-order valence-electron chi connectivity index (χ0n) is 6.22. The summed E-state index contributed by atoms with van der Waals surface area (Å²) in [5.74, 6) is 4.97. The van der Waals surface area contributed by atoms with E-state index in [9.17, 15) is 0 Å². The molecule has 1 aliphatic heterocycles. The van der Waals surface area contributed by atoms with Crippen molar-refractivity contribution in [1.29, 1.82) is 0 Å². The molecule has 1 aliphatic rings. The third-order valence-corrected chi connectivity index (χ3v) is 7.35. The molecule has 0 aliphatic carbocycles. The maximum absolute atomic E-state index is 2.49. The average Bonchev–Trinajstić information content (AvgIpc) is 1.92. The van der Waals surface area contributed by atoms with Gasteiger partial charge in [0.2, 0.25) is 0 Å². The molecule has 0 aromatic carbocycles. The fraction of sp³-hybridized carbons (Fsp3) is 0.500. The van der Waals surface area contributed by atoms with Crippen molar-refractivity contribution in [3.63, 3.8) is 0 Å². The molecule has 9 heavy (non-hydrogen) atoms. The summed E-state index contributed by atoms with van der Waals surface area (Å²) in [5, 5.41) is 2.79. The first-order valence-corrected chi connectivity index (χ1v) is 10.7. The Morgan fingerprint density at radius 3 is 1.89 bits per heavy atom. The van der Waals surface area contributed by atoms with Gasteiger partial charge >= 0.3 is 59.6 Å². The van der Waals surface area contributed by atoms with Gasteiger partial charge in [0.1, 0.15) is 0 Å². The van der Waals surface area contributed by atoms with E-state index in [1.807, 2.05) is 0 Å². The van der Waals surface area contributed by atoms with E-state index in [0.717, 1.165) is 0 Å². The first-order chi connectivity index (χ1) is 4.21. The van der Waals surface area contributed by atoms with Gasteiger partial charge in [-0.1, -0.05) is 0 Å². The predicted molar refractivity (Wildman–Crippen MR) is 45.4 cm³/mol. The Bertz CT molecular complexity index is 127. The van der Waals surface area contributed by atoms with E-state index in [1.165, 1.54) is 10.5 Å². The molecule has 1 heterocycles. The third-order valence-electron chi connectivity index (χ3n) is 1.72. The van der Waals surface area contributed by atoms with Crippen LogP contribution >= 0.6 is 0 Å². The fourth-order valence-electron chi connectivity index (χ4n) is 1.01. The van der Waals surface area contributed by atoms with Gasteiger partial charge in [0, 0.05) is 0 Å². The minimum absolute atomic E-state index is 1.27. The van der Waals surface area contributed by atoms with Gasteiger partial charge in [0.25, 0.3) is 0 Å². The van der Waals surface area contributed by atoms with Crippen molar-refractivity contribution in [2.24, 2.45) is 0 Å². The number of allylic oxidation sites excluding steroid dienone is 4. The van der Waals surface area contributed by atoms with Crippen molar-refractivity contribution in [3.8, 4) is 0 Å². The monoisotopic (exact) mass is 184 g/mol. The summed E-state index contributed by atoms with van der Waals surface area (Å²) in [7, 11) is 0. The van der Waals surface area contributed by atoms with Crippen LogP contribution in [0.15, 0.2) is 24.3 Å². The van der Waals surface area contributed by atoms with E-state index < -0.39 is 13.3 Å². The Hall–Kier alpha value is 0.0229. The van der Waals surface area contributed by atoms with Crippen molar-refractivity contribution < 1.29 is 0 Å². The van der Waals surface area contributed by atoms with Crippen LogP contribution in [0.1, 0.15) is 0 Å². The third kappa shape index (κ3) is 2.40. The van der Waals surface area contributed by atoms with E-state index in [1.54, 1.807) is 0 Å². The summed E-state index contributed by atoms with van der Waals surface area (Å²) in [6.07, 6.45) is 9.01. The molecule has 0 atom stereocenters. The number of hydrogen-bond donors (Lipinski definition) is 0. The molecule has 0 nitrogen and oxygen atoms in total. The average molecular weight is 183 g/mol. The van der Waals surface area contributed by atoms with Crippen LogP contribution in [0.3, 0.4) is 0 Å². The number of hydrogen-bond acceptors (Lipinski definition) is 0. The van der Waals surface area contributed by atoms with Crippen molar-refractivity contribution >= 4 is 13.3 Å². The molecule has 0 radical (unpaired) electrons. The molecule has 0 aromatic rings. The normalized spacial score (nSPS) is 23.8. The molecule has 0 bridgehead atoms. The van der Waals surface area contributed by atoms with Crippen LogP contribution in [0.2, 0.25) is 22.0 Å². The van der Waals surface area contributed by atoms with Gasteiger partial charge in [0.15, 0.2) is 0 Å². The second-order valence-electron chi connectivity index (χ2n) is 3.43. The Kier molecular flexibility index (Phi) is 2.17. The molecule has 0 amide bonds. The van der Waals surface area contributed by atoms with E-state index in [-0.39, 0.29) is 0 Å². The molecule has 0 fully saturated rings. The number of rotatable bonds is 0. The summed E-state index contributed by atoms with van der Waals surface area (Å²) in [6.45, 7) is 0. The van der Waals surface area contributed by atoms with E-state index in [0.29, 0.717) is 0 Å². The van der Waals surface area contributed by atoms with E-state index in [2.05, 4.69) is 35.8 Å². The van der Waals surface area contributed by atoms with Gasteiger partial charge in [0.05, 0.1) is 0 Å². The van der Waals surface area contributed by atoms with Crippen molar-refractivity contribution in [2.45, 2.75) is 22.0 Å². The fourth-order valence-corrected chi connectivity index (χ4v) is 4.61. The predicted octanol–water partition coefficient (Wildman–Crippen LogP) is 2.82. The van der Waals surface area contributed by atoms with Crippen LogP contribution in [0.5, 0.6) is 0 Å². The molecule has 0 spiro atoms. The summed E-state index contributed by atoms with van der Waals surface area (Å²) in [5.41, 5.74) is 0. The van der Waals surface area contributed by atoms with Gasteiger partial charge in [-0.25, -0.2) is 0 Å². The molecular weight excluding hydrogens is 169 g/mol. The summed E-state index contributed by atoms with van der Waals surface area (Å²) < 4.78 is 0. The Morgan fingerprint density at radius 1 is 1.00 bits per heavy atom. The molecule has 0 saturated carbocycles. The second kappa shape index (κ2) is 2.74. The van der Waals surface area contributed by atoms with Gasteiger partial charge < -0.3 is 0 Å². The first-order valence-electron chi connectivity index (χ1n) is 3.52. The van der Waals surface area contributed by atoms with Gasteiger partial charge in [-0.3, -0.25) is 0 Å². The molecular formula is C8H14Ge. The van der Waals surface area contributed by atoms with Crippen LogP contribution in [0.4, 0.5) is 0 Å². The quantitative estimate of drug-likeness (QED) is 0.506. The molecule has 1 heteroatoms. The van der Waals surface area contributed by atoms with Gasteiger partial charge in [-0.05, 0) is 0 Å². The molecule has 0 aromatic heterocycles. The first kappa shape index (κ1) is 7.13. The molecule has 50 valence electrons. The van der Waals surface area contributed by atoms with Crippen molar-refractivity contribution in [1.82, 2.24) is 0 Å². The zero-order chi connectivity index (χ0) is 6.74. The van der Waals surface area contributed by atoms with Gasteiger partial charge in [-0.2, -0.15) is 0 Å².